The fraction of sp³-hybridized carbons (Fsp3) is 0.438. The lowest BCUT2D eigenvalue weighted by Gasteiger charge is -2.17. The van der Waals surface area contributed by atoms with Gasteiger partial charge in [-0.2, -0.15) is 0 Å². The van der Waals surface area contributed by atoms with Gasteiger partial charge < -0.3 is 15.1 Å². The van der Waals surface area contributed by atoms with E-state index in [1.54, 1.807) is 4.90 Å². The zero-order valence-electron chi connectivity index (χ0n) is 13.6. The van der Waals surface area contributed by atoms with Crippen molar-refractivity contribution in [3.05, 3.63) is 41.8 Å². The highest BCUT2D eigenvalue weighted by Gasteiger charge is 2.19. The number of hydrogen-bond donors (Lipinski definition) is 1. The van der Waals surface area contributed by atoms with E-state index < -0.39 is 0 Å². The molecule has 0 fully saturated rings. The topological polar surface area (TPSA) is 86.9 Å². The van der Waals surface area contributed by atoms with E-state index in [0.29, 0.717) is 30.0 Å². The van der Waals surface area contributed by atoms with Gasteiger partial charge in [-0.05, 0) is 19.4 Å². The highest BCUT2D eigenvalue weighted by Crippen LogP contribution is 2.20. The molecule has 0 aliphatic heterocycles. The summed E-state index contributed by atoms with van der Waals surface area (Å²) in [5.41, 5.74) is 5.26. The maximum Gasteiger partial charge on any atom is 0.277 e. The van der Waals surface area contributed by atoms with E-state index in [0.717, 1.165) is 6.42 Å². The summed E-state index contributed by atoms with van der Waals surface area (Å²) in [5, 5.41) is 8.47. The number of nitrogens with zero attached hydrogens (tertiary/aromatic N) is 3. The molecule has 2 aromatic rings. The number of hydrogen-bond acceptors (Lipinski definition) is 5. The van der Waals surface area contributed by atoms with Gasteiger partial charge in [0, 0.05) is 19.5 Å². The number of amides is 1. The van der Waals surface area contributed by atoms with Crippen molar-refractivity contribution in [2.24, 2.45) is 0 Å². The number of rotatable bonds is 8. The molecule has 0 aliphatic carbocycles. The van der Waals surface area contributed by atoms with Gasteiger partial charge in [0.05, 0.1) is 5.75 Å². The Kier molecular flexibility index (Phi) is 6.61. The van der Waals surface area contributed by atoms with E-state index in [4.69, 9.17) is 4.42 Å². The lowest BCUT2D eigenvalue weighted by Crippen LogP contribution is -2.54. The van der Waals surface area contributed by atoms with Crippen LogP contribution >= 0.6 is 11.8 Å². The summed E-state index contributed by atoms with van der Waals surface area (Å²) < 4.78 is 5.62. The minimum Gasteiger partial charge on any atom is -0.410 e. The van der Waals surface area contributed by atoms with Crippen LogP contribution in [0.1, 0.15) is 31.3 Å². The molecule has 1 aromatic carbocycles. The predicted octanol–water partition coefficient (Wildman–Crippen LogP) is 1.56. The van der Waals surface area contributed by atoms with E-state index in [1.165, 1.54) is 17.3 Å². The van der Waals surface area contributed by atoms with E-state index >= 15 is 0 Å². The number of quaternary nitrogens is 1. The fourth-order valence-electron chi connectivity index (χ4n) is 2.22. The first-order valence-corrected chi connectivity index (χ1v) is 8.73. The number of carbonyl (C=O) groups is 1. The molecule has 1 heterocycles. The number of carbonyl (C=O) groups excluding carboxylic acids is 1. The Morgan fingerprint density at radius 1 is 1.26 bits per heavy atom. The first kappa shape index (κ1) is 17.5. The summed E-state index contributed by atoms with van der Waals surface area (Å²) in [7, 11) is 0. The molecule has 3 N–H and O–H groups in total. The Balaban J connectivity index is 1.89. The largest absolute Gasteiger partial charge is 0.410 e. The van der Waals surface area contributed by atoms with Crippen LogP contribution in [0.4, 0.5) is 0 Å². The molecule has 2 rings (SSSR count). The monoisotopic (exact) mass is 335 g/mol. The zero-order chi connectivity index (χ0) is 16.7. The standard InChI is InChI=1S/C16H22N4O2S/c1-3-20(4-2)14(21)11-23-16-19-18-15(22-16)13(17)10-12-8-6-5-7-9-12/h5-9,13H,3-4,10-11,17H2,1-2H3/p+1/t13-/m0/s1. The molecule has 0 saturated heterocycles. The Morgan fingerprint density at radius 2 is 1.96 bits per heavy atom. The van der Waals surface area contributed by atoms with Gasteiger partial charge in [0.2, 0.25) is 5.91 Å². The molecule has 0 spiro atoms. The molecule has 0 saturated carbocycles. The lowest BCUT2D eigenvalue weighted by atomic mass is 10.1. The second-order valence-corrected chi connectivity index (χ2v) is 6.07. The third-order valence-electron chi connectivity index (χ3n) is 3.53. The van der Waals surface area contributed by atoms with Gasteiger partial charge in [-0.3, -0.25) is 4.79 Å². The number of benzene rings is 1. The van der Waals surface area contributed by atoms with Gasteiger partial charge >= 0.3 is 0 Å². The van der Waals surface area contributed by atoms with E-state index in [-0.39, 0.29) is 11.9 Å². The zero-order valence-corrected chi connectivity index (χ0v) is 14.4. The molecule has 7 heteroatoms. The number of aromatic nitrogens is 2. The minimum atomic E-state index is -0.0993. The third-order valence-corrected chi connectivity index (χ3v) is 4.33. The molecule has 6 nitrogen and oxygen atoms in total. The first-order valence-electron chi connectivity index (χ1n) is 7.75. The average molecular weight is 335 g/mol. The second kappa shape index (κ2) is 8.69. The molecule has 1 amide bonds. The molecule has 1 aromatic heterocycles. The van der Waals surface area contributed by atoms with Gasteiger partial charge in [0.1, 0.15) is 0 Å². The van der Waals surface area contributed by atoms with Crippen LogP contribution in [-0.4, -0.2) is 39.8 Å². The van der Waals surface area contributed by atoms with Crippen LogP contribution in [0.15, 0.2) is 40.0 Å². The molecule has 124 valence electrons. The van der Waals surface area contributed by atoms with E-state index in [1.807, 2.05) is 44.2 Å². The van der Waals surface area contributed by atoms with Gasteiger partial charge in [-0.15, -0.1) is 10.2 Å². The molecule has 0 unspecified atom stereocenters. The fourth-order valence-corrected chi connectivity index (χ4v) is 2.89. The summed E-state index contributed by atoms with van der Waals surface area (Å²) >= 11 is 1.27. The lowest BCUT2D eigenvalue weighted by molar-refractivity contribution is -0.431. The maximum atomic E-state index is 12.0. The van der Waals surface area contributed by atoms with Crippen molar-refractivity contribution in [1.29, 1.82) is 0 Å². The summed E-state index contributed by atoms with van der Waals surface area (Å²) in [6.45, 7) is 5.35. The summed E-state index contributed by atoms with van der Waals surface area (Å²) in [4.78, 5) is 13.7. The molecular weight excluding hydrogens is 312 g/mol. The van der Waals surface area contributed by atoms with Crippen LogP contribution in [0.5, 0.6) is 0 Å². The smallest absolute Gasteiger partial charge is 0.277 e. The summed E-state index contributed by atoms with van der Waals surface area (Å²) in [5.74, 6) is 0.894. The average Bonchev–Trinajstić information content (AvgIpc) is 3.04. The van der Waals surface area contributed by atoms with Gasteiger partial charge in [-0.25, -0.2) is 0 Å². The van der Waals surface area contributed by atoms with Crippen molar-refractivity contribution in [2.75, 3.05) is 18.8 Å². The minimum absolute atomic E-state index is 0.0789. The Labute approximate surface area is 140 Å². The van der Waals surface area contributed by atoms with Gasteiger partial charge in [0.25, 0.3) is 11.1 Å². The van der Waals surface area contributed by atoms with Crippen molar-refractivity contribution < 1.29 is 14.9 Å². The summed E-state index contributed by atoms with van der Waals surface area (Å²) in [6, 6.07) is 9.97. The van der Waals surface area contributed by atoms with Crippen molar-refractivity contribution in [3.8, 4) is 0 Å². The number of thioether (sulfide) groups is 1. The predicted molar refractivity (Wildman–Crippen MR) is 88.7 cm³/mol. The van der Waals surface area contributed by atoms with Crippen LogP contribution in [0.3, 0.4) is 0 Å². The Bertz CT molecular complexity index is 614. The van der Waals surface area contributed by atoms with Gasteiger partial charge in [0.15, 0.2) is 6.04 Å². The Hall–Kier alpha value is -1.86. The second-order valence-electron chi connectivity index (χ2n) is 5.15. The van der Waals surface area contributed by atoms with Crippen LogP contribution in [0.2, 0.25) is 0 Å². The molecular formula is C16H23N4O2S+. The molecule has 1 atom stereocenters. The highest BCUT2D eigenvalue weighted by molar-refractivity contribution is 7.99. The Morgan fingerprint density at radius 3 is 2.61 bits per heavy atom. The first-order chi connectivity index (χ1) is 11.1. The normalized spacial score (nSPS) is 12.1. The summed E-state index contributed by atoms with van der Waals surface area (Å²) in [6.07, 6.45) is 0.742. The van der Waals surface area contributed by atoms with Crippen LogP contribution in [-0.2, 0) is 11.2 Å². The molecule has 0 bridgehead atoms. The quantitative estimate of drug-likeness (QED) is 0.740. The SMILES string of the molecule is CCN(CC)C(=O)CSc1nnc([C@@H]([NH3+])Cc2ccccc2)o1. The van der Waals surface area contributed by atoms with E-state index in [9.17, 15) is 4.79 Å². The highest BCUT2D eigenvalue weighted by atomic mass is 32.2. The third kappa shape index (κ3) is 5.07. The van der Waals surface area contributed by atoms with Crippen molar-refractivity contribution in [1.82, 2.24) is 15.1 Å². The molecule has 0 radical (unpaired) electrons. The molecule has 0 aliphatic rings. The van der Waals surface area contributed by atoms with Gasteiger partial charge in [-0.1, -0.05) is 42.1 Å². The van der Waals surface area contributed by atoms with Crippen molar-refractivity contribution in [2.45, 2.75) is 31.5 Å². The van der Waals surface area contributed by atoms with Crippen molar-refractivity contribution in [3.63, 3.8) is 0 Å². The molecule has 23 heavy (non-hydrogen) atoms. The van der Waals surface area contributed by atoms with Crippen LogP contribution < -0.4 is 5.73 Å². The van der Waals surface area contributed by atoms with Crippen molar-refractivity contribution >= 4 is 17.7 Å². The van der Waals surface area contributed by atoms with E-state index in [2.05, 4.69) is 15.9 Å². The van der Waals surface area contributed by atoms with Crippen LogP contribution in [0.25, 0.3) is 0 Å². The van der Waals surface area contributed by atoms with Crippen LogP contribution in [0, 0.1) is 0 Å². The maximum absolute atomic E-state index is 12.0.